The Balaban J connectivity index is 2.79. The van der Waals surface area contributed by atoms with Gasteiger partial charge in [0.15, 0.2) is 0 Å². The van der Waals surface area contributed by atoms with Crippen molar-refractivity contribution < 1.29 is 0 Å². The van der Waals surface area contributed by atoms with Crippen LogP contribution in [-0.4, -0.2) is 12.1 Å². The molecule has 0 aromatic carbocycles. The summed E-state index contributed by atoms with van der Waals surface area (Å²) < 4.78 is 0. The maximum absolute atomic E-state index is 6.02. The molecule has 1 aliphatic rings. The van der Waals surface area contributed by atoms with Crippen molar-refractivity contribution in [2.24, 2.45) is 29.2 Å². The van der Waals surface area contributed by atoms with Crippen molar-refractivity contribution in [2.75, 3.05) is 0 Å². The molecule has 1 aliphatic carbocycles. The van der Waals surface area contributed by atoms with Gasteiger partial charge in [-0.1, -0.05) is 26.3 Å². The second-order valence-electron chi connectivity index (χ2n) is 3.90. The third kappa shape index (κ3) is 1.29. The molecule has 0 saturated heterocycles. The topological polar surface area (TPSA) is 52.0 Å². The molecule has 1 saturated carbocycles. The minimum atomic E-state index is 0.151. The fraction of sp³-hybridized carbons (Fsp3) is 0.800. The summed E-state index contributed by atoms with van der Waals surface area (Å²) in [6.07, 6.45) is 3.13. The molecule has 4 N–H and O–H groups in total. The van der Waals surface area contributed by atoms with E-state index in [0.717, 1.165) is 6.42 Å². The smallest absolute Gasteiger partial charge is 0.0229 e. The molecule has 0 heterocycles. The van der Waals surface area contributed by atoms with Crippen molar-refractivity contribution in [2.45, 2.75) is 32.4 Å². The van der Waals surface area contributed by atoms with E-state index in [1.165, 1.54) is 0 Å². The highest BCUT2D eigenvalue weighted by atomic mass is 14.8. The lowest BCUT2D eigenvalue weighted by atomic mass is 9.88. The fourth-order valence-electron chi connectivity index (χ4n) is 2.47. The maximum atomic E-state index is 6.02. The number of nitrogens with two attached hydrogens (primary N) is 2. The van der Waals surface area contributed by atoms with Gasteiger partial charge in [-0.05, 0) is 17.8 Å². The van der Waals surface area contributed by atoms with Gasteiger partial charge in [-0.15, -0.1) is 6.58 Å². The molecule has 0 aromatic heterocycles. The summed E-state index contributed by atoms with van der Waals surface area (Å²) in [5, 5.41) is 0. The average molecular weight is 168 g/mol. The van der Waals surface area contributed by atoms with Crippen molar-refractivity contribution in [3.63, 3.8) is 0 Å². The van der Waals surface area contributed by atoms with E-state index in [2.05, 4.69) is 20.4 Å². The molecule has 0 aromatic rings. The van der Waals surface area contributed by atoms with Gasteiger partial charge in [-0.2, -0.15) is 0 Å². The van der Waals surface area contributed by atoms with Crippen molar-refractivity contribution in [1.29, 1.82) is 0 Å². The Morgan fingerprint density at radius 1 is 1.33 bits per heavy atom. The zero-order valence-corrected chi connectivity index (χ0v) is 8.03. The highest BCUT2D eigenvalue weighted by molar-refractivity contribution is 5.05. The Labute approximate surface area is 75.0 Å². The molecular weight excluding hydrogens is 148 g/mol. The van der Waals surface area contributed by atoms with E-state index < -0.39 is 0 Å². The predicted octanol–water partition coefficient (Wildman–Crippen LogP) is 1.12. The van der Waals surface area contributed by atoms with Gasteiger partial charge in [0.2, 0.25) is 0 Å². The molecule has 3 unspecified atom stereocenters. The average Bonchev–Trinajstić information content (AvgIpc) is 2.29. The predicted molar refractivity (Wildman–Crippen MR) is 52.6 cm³/mol. The summed E-state index contributed by atoms with van der Waals surface area (Å²) in [5.74, 6) is 1.54. The fourth-order valence-corrected chi connectivity index (χ4v) is 2.47. The zero-order valence-electron chi connectivity index (χ0n) is 8.03. The second-order valence-corrected chi connectivity index (χ2v) is 3.90. The van der Waals surface area contributed by atoms with Gasteiger partial charge < -0.3 is 11.5 Å². The van der Waals surface area contributed by atoms with Crippen molar-refractivity contribution in [3.05, 3.63) is 12.7 Å². The molecule has 2 nitrogen and oxygen atoms in total. The molecular formula is C10H20N2. The summed E-state index contributed by atoms with van der Waals surface area (Å²) in [6, 6.07) is 0.311. The third-order valence-electron chi connectivity index (χ3n) is 3.39. The van der Waals surface area contributed by atoms with Gasteiger partial charge in [0, 0.05) is 12.1 Å². The van der Waals surface area contributed by atoms with Gasteiger partial charge >= 0.3 is 0 Å². The van der Waals surface area contributed by atoms with Crippen LogP contribution in [0.1, 0.15) is 20.3 Å². The summed E-state index contributed by atoms with van der Waals surface area (Å²) in [6.45, 7) is 8.19. The molecule has 0 aliphatic heterocycles. The van der Waals surface area contributed by atoms with E-state index in [-0.39, 0.29) is 12.1 Å². The van der Waals surface area contributed by atoms with Crippen LogP contribution in [0.2, 0.25) is 0 Å². The number of rotatable bonds is 2. The molecule has 0 amide bonds. The Morgan fingerprint density at radius 3 is 2.25 bits per heavy atom. The van der Waals surface area contributed by atoms with E-state index in [4.69, 9.17) is 11.5 Å². The van der Waals surface area contributed by atoms with Crippen LogP contribution >= 0.6 is 0 Å². The lowest BCUT2D eigenvalue weighted by Gasteiger charge is -2.18. The van der Waals surface area contributed by atoms with Crippen molar-refractivity contribution >= 4 is 0 Å². The van der Waals surface area contributed by atoms with E-state index in [0.29, 0.717) is 17.8 Å². The lowest BCUT2D eigenvalue weighted by Crippen LogP contribution is -2.42. The first-order chi connectivity index (χ1) is 5.63. The van der Waals surface area contributed by atoms with Crippen LogP contribution in [0.5, 0.6) is 0 Å². The van der Waals surface area contributed by atoms with Crippen LogP contribution < -0.4 is 11.5 Å². The van der Waals surface area contributed by atoms with Gasteiger partial charge in [0.05, 0.1) is 0 Å². The summed E-state index contributed by atoms with van der Waals surface area (Å²) >= 11 is 0. The van der Waals surface area contributed by atoms with Gasteiger partial charge in [-0.3, -0.25) is 0 Å². The van der Waals surface area contributed by atoms with Crippen LogP contribution in [-0.2, 0) is 0 Å². The van der Waals surface area contributed by atoms with Gasteiger partial charge in [0.1, 0.15) is 0 Å². The molecule has 0 spiro atoms. The van der Waals surface area contributed by atoms with Crippen molar-refractivity contribution in [3.8, 4) is 0 Å². The van der Waals surface area contributed by atoms with E-state index in [1.807, 2.05) is 6.08 Å². The zero-order chi connectivity index (χ0) is 9.30. The van der Waals surface area contributed by atoms with Crippen LogP contribution in [0.3, 0.4) is 0 Å². The first-order valence-electron chi connectivity index (χ1n) is 4.77. The Bertz CT molecular complexity index is 167. The molecule has 1 rings (SSSR count). The van der Waals surface area contributed by atoms with Crippen LogP contribution in [0, 0.1) is 17.8 Å². The van der Waals surface area contributed by atoms with Crippen LogP contribution in [0.4, 0.5) is 0 Å². The largest absolute Gasteiger partial charge is 0.326 e. The molecule has 1 fully saturated rings. The highest BCUT2D eigenvalue weighted by Gasteiger charge is 2.42. The van der Waals surface area contributed by atoms with E-state index >= 15 is 0 Å². The normalized spacial score (nSPS) is 47.8. The van der Waals surface area contributed by atoms with Crippen LogP contribution in [0.15, 0.2) is 12.7 Å². The van der Waals surface area contributed by atoms with Crippen molar-refractivity contribution in [1.82, 2.24) is 0 Å². The van der Waals surface area contributed by atoms with E-state index in [9.17, 15) is 0 Å². The molecule has 2 heteroatoms. The molecule has 0 radical (unpaired) electrons. The van der Waals surface area contributed by atoms with Gasteiger partial charge in [0.25, 0.3) is 0 Å². The molecule has 5 atom stereocenters. The Hall–Kier alpha value is -0.340. The maximum Gasteiger partial charge on any atom is 0.0229 e. The molecule has 0 bridgehead atoms. The lowest BCUT2D eigenvalue weighted by molar-refractivity contribution is 0.373. The van der Waals surface area contributed by atoms with E-state index in [1.54, 1.807) is 0 Å². The minimum Gasteiger partial charge on any atom is -0.326 e. The quantitative estimate of drug-likeness (QED) is 0.607. The molecule has 12 heavy (non-hydrogen) atoms. The first-order valence-corrected chi connectivity index (χ1v) is 4.77. The van der Waals surface area contributed by atoms with Crippen LogP contribution in [0.25, 0.3) is 0 Å². The molecule has 70 valence electrons. The summed E-state index contributed by atoms with van der Waals surface area (Å²) in [4.78, 5) is 0. The standard InChI is InChI=1S/C10H20N2/c1-4-7-6(3)9(11)10(12)8(7)5-2/h4,6-10H,1,5,11-12H2,2-3H3/t6-,7?,8+,9?,10?/m1/s1. The third-order valence-corrected chi connectivity index (χ3v) is 3.39. The second kappa shape index (κ2) is 3.58. The first kappa shape index (κ1) is 9.75. The highest BCUT2D eigenvalue weighted by Crippen LogP contribution is 2.37. The number of hydrogen-bond donors (Lipinski definition) is 2. The SMILES string of the molecule is C=CC1[C@@H](C)C(N)C(N)[C@H]1CC. The minimum absolute atomic E-state index is 0.151. The Morgan fingerprint density at radius 2 is 1.92 bits per heavy atom. The summed E-state index contributed by atoms with van der Waals surface area (Å²) in [7, 11) is 0. The number of hydrogen-bond acceptors (Lipinski definition) is 2. The van der Waals surface area contributed by atoms with Gasteiger partial charge in [-0.25, -0.2) is 0 Å². The monoisotopic (exact) mass is 168 g/mol. The summed E-state index contributed by atoms with van der Waals surface area (Å²) in [5.41, 5.74) is 12.0. The number of allylic oxidation sites excluding steroid dienone is 1. The Kier molecular flexibility index (Phi) is 2.91.